The minimum atomic E-state index is -1.52. The highest BCUT2D eigenvalue weighted by Gasteiger charge is 2.31. The molecule has 16 heteroatoms. The van der Waals surface area contributed by atoms with E-state index in [9.17, 15) is 33.9 Å². The number of imidazole rings is 1. The molecular formula is C20H31N7O8S. The molecule has 0 aliphatic carbocycles. The van der Waals surface area contributed by atoms with E-state index in [2.05, 4.69) is 25.9 Å². The third-order valence-corrected chi connectivity index (χ3v) is 5.53. The molecule has 200 valence electrons. The number of primary amides is 1. The lowest BCUT2D eigenvalue weighted by Gasteiger charge is -2.24. The lowest BCUT2D eigenvalue weighted by Crippen LogP contribution is -2.58. The highest BCUT2D eigenvalue weighted by Crippen LogP contribution is 2.05. The molecule has 0 aliphatic rings. The van der Waals surface area contributed by atoms with Crippen molar-refractivity contribution in [3.63, 3.8) is 0 Å². The normalized spacial score (nSPS) is 14.1. The predicted octanol–water partition coefficient (Wildman–Crippen LogP) is -2.69. The number of carbonyl (C=O) groups is 6. The highest BCUT2D eigenvalue weighted by molar-refractivity contribution is 7.98. The Hall–Kier alpha value is -3.66. The van der Waals surface area contributed by atoms with Crippen LogP contribution in [0.15, 0.2) is 12.5 Å². The number of rotatable bonds is 17. The number of nitrogens with zero attached hydrogens (tertiary/aromatic N) is 1. The van der Waals surface area contributed by atoms with E-state index >= 15 is 0 Å². The summed E-state index contributed by atoms with van der Waals surface area (Å²) < 4.78 is 0. The van der Waals surface area contributed by atoms with Crippen LogP contribution >= 0.6 is 11.8 Å². The standard InChI is InChI=1S/C20H31N7O8S/c1-36-5-4-12(20(34)35)25-19(33)14(7-15(22)28)27-18(32)13(6-10-8-23-9-24-10)26-17(31)11(21)2-3-16(29)30/h8-9,11-14H,2-7,21H2,1H3,(H2,22,28)(H,23,24)(H,25,33)(H,26,31)(H,27,32)(H,29,30)(H,34,35). The van der Waals surface area contributed by atoms with E-state index in [1.54, 1.807) is 6.26 Å². The van der Waals surface area contributed by atoms with Crippen LogP contribution in [0.3, 0.4) is 0 Å². The molecule has 0 spiro atoms. The maximum absolute atomic E-state index is 13.0. The van der Waals surface area contributed by atoms with Gasteiger partial charge < -0.3 is 42.6 Å². The van der Waals surface area contributed by atoms with Crippen LogP contribution in [-0.4, -0.2) is 91.9 Å². The smallest absolute Gasteiger partial charge is 0.326 e. The molecule has 1 rings (SSSR count). The molecule has 1 aromatic rings. The van der Waals surface area contributed by atoms with Gasteiger partial charge >= 0.3 is 11.9 Å². The molecule has 10 N–H and O–H groups in total. The van der Waals surface area contributed by atoms with Gasteiger partial charge in [-0.05, 0) is 24.9 Å². The summed E-state index contributed by atoms with van der Waals surface area (Å²) in [5.74, 6) is -5.58. The molecule has 0 aromatic carbocycles. The second kappa shape index (κ2) is 15.4. The molecule has 1 heterocycles. The third kappa shape index (κ3) is 11.2. The maximum atomic E-state index is 13.0. The molecule has 4 unspecified atom stereocenters. The SMILES string of the molecule is CSCCC(NC(=O)C(CC(N)=O)NC(=O)C(Cc1cnc[nH]1)NC(=O)C(N)CCC(=O)O)C(=O)O. The van der Waals surface area contributed by atoms with E-state index in [-0.39, 0.29) is 25.7 Å². The zero-order valence-corrected chi connectivity index (χ0v) is 20.4. The quantitative estimate of drug-likeness (QED) is 0.103. The van der Waals surface area contributed by atoms with Crippen LogP contribution in [0.5, 0.6) is 0 Å². The van der Waals surface area contributed by atoms with Crippen LogP contribution in [0, 0.1) is 0 Å². The van der Waals surface area contributed by atoms with Gasteiger partial charge in [0.1, 0.15) is 18.1 Å². The lowest BCUT2D eigenvalue weighted by molar-refractivity contribution is -0.142. The molecular weight excluding hydrogens is 498 g/mol. The fourth-order valence-corrected chi connectivity index (χ4v) is 3.43. The number of amides is 4. The van der Waals surface area contributed by atoms with Gasteiger partial charge in [0.2, 0.25) is 23.6 Å². The Labute approximate surface area is 210 Å². The number of nitrogens with two attached hydrogens (primary N) is 2. The van der Waals surface area contributed by atoms with Gasteiger partial charge in [0.15, 0.2) is 0 Å². The molecule has 4 atom stereocenters. The largest absolute Gasteiger partial charge is 0.481 e. The summed E-state index contributed by atoms with van der Waals surface area (Å²) in [6, 6.07) is -5.31. The minimum Gasteiger partial charge on any atom is -0.481 e. The number of aromatic amines is 1. The second-order valence-corrected chi connectivity index (χ2v) is 8.78. The van der Waals surface area contributed by atoms with Crippen LogP contribution in [0.25, 0.3) is 0 Å². The van der Waals surface area contributed by atoms with Crippen molar-refractivity contribution in [1.82, 2.24) is 25.9 Å². The number of nitrogens with one attached hydrogen (secondary N) is 4. The van der Waals surface area contributed by atoms with Crippen LogP contribution < -0.4 is 27.4 Å². The summed E-state index contributed by atoms with van der Waals surface area (Å²) in [5.41, 5.74) is 11.4. The van der Waals surface area contributed by atoms with E-state index in [0.717, 1.165) is 0 Å². The van der Waals surface area contributed by atoms with Crippen molar-refractivity contribution in [2.24, 2.45) is 11.5 Å². The average molecular weight is 530 g/mol. The van der Waals surface area contributed by atoms with E-state index in [1.165, 1.54) is 24.3 Å². The van der Waals surface area contributed by atoms with Gasteiger partial charge in [-0.3, -0.25) is 24.0 Å². The third-order valence-electron chi connectivity index (χ3n) is 4.88. The topological polar surface area (TPSA) is 260 Å². The van der Waals surface area contributed by atoms with Crippen LogP contribution in [0.1, 0.15) is 31.4 Å². The maximum Gasteiger partial charge on any atom is 0.326 e. The molecule has 1 aromatic heterocycles. The summed E-state index contributed by atoms with van der Waals surface area (Å²) in [5, 5.41) is 25.1. The number of hydrogen-bond donors (Lipinski definition) is 8. The Morgan fingerprint density at radius 2 is 1.61 bits per heavy atom. The first-order valence-corrected chi connectivity index (χ1v) is 12.2. The molecule has 4 amide bonds. The number of thioether (sulfide) groups is 1. The lowest BCUT2D eigenvalue weighted by atomic mass is 10.1. The molecule has 0 fully saturated rings. The van der Waals surface area contributed by atoms with Crippen molar-refractivity contribution in [3.05, 3.63) is 18.2 Å². The molecule has 0 saturated carbocycles. The summed E-state index contributed by atoms with van der Waals surface area (Å²) in [6.07, 6.45) is 3.31. The number of H-pyrrole nitrogens is 1. The minimum absolute atomic E-state index is 0.103. The average Bonchev–Trinajstić information content (AvgIpc) is 3.31. The van der Waals surface area contributed by atoms with Gasteiger partial charge in [0, 0.05) is 24.7 Å². The zero-order valence-electron chi connectivity index (χ0n) is 19.6. The first-order chi connectivity index (χ1) is 16.9. The zero-order chi connectivity index (χ0) is 27.3. The second-order valence-electron chi connectivity index (χ2n) is 7.79. The predicted molar refractivity (Wildman–Crippen MR) is 127 cm³/mol. The summed E-state index contributed by atoms with van der Waals surface area (Å²) in [4.78, 5) is 78.6. The van der Waals surface area contributed by atoms with Crippen molar-refractivity contribution in [2.75, 3.05) is 12.0 Å². The first-order valence-electron chi connectivity index (χ1n) is 10.8. The van der Waals surface area contributed by atoms with Crippen LogP contribution in [-0.2, 0) is 35.2 Å². The molecule has 15 nitrogen and oxygen atoms in total. The molecule has 0 bridgehead atoms. The fraction of sp³-hybridized carbons (Fsp3) is 0.550. The Morgan fingerprint density at radius 3 is 2.14 bits per heavy atom. The van der Waals surface area contributed by atoms with Gasteiger partial charge in [0.05, 0.1) is 18.8 Å². The van der Waals surface area contributed by atoms with Crippen molar-refractivity contribution >= 4 is 47.3 Å². The van der Waals surface area contributed by atoms with Crippen LogP contribution in [0.4, 0.5) is 0 Å². The number of aromatic nitrogens is 2. The van der Waals surface area contributed by atoms with Gasteiger partial charge in [-0.2, -0.15) is 11.8 Å². The van der Waals surface area contributed by atoms with E-state index in [0.29, 0.717) is 11.4 Å². The Bertz CT molecular complexity index is 927. The number of carboxylic acid groups (broad SMARTS) is 2. The first kappa shape index (κ1) is 30.4. The Balaban J connectivity index is 3.03. The van der Waals surface area contributed by atoms with Gasteiger partial charge in [-0.1, -0.05) is 0 Å². The highest BCUT2D eigenvalue weighted by atomic mass is 32.2. The van der Waals surface area contributed by atoms with Gasteiger partial charge in [-0.15, -0.1) is 0 Å². The monoisotopic (exact) mass is 529 g/mol. The Morgan fingerprint density at radius 1 is 1.00 bits per heavy atom. The fourth-order valence-electron chi connectivity index (χ4n) is 2.96. The van der Waals surface area contributed by atoms with Gasteiger partial charge in [-0.25, -0.2) is 9.78 Å². The number of carboxylic acids is 2. The molecule has 0 aliphatic heterocycles. The molecule has 36 heavy (non-hydrogen) atoms. The van der Waals surface area contributed by atoms with Crippen molar-refractivity contribution in [3.8, 4) is 0 Å². The van der Waals surface area contributed by atoms with Gasteiger partial charge in [0.25, 0.3) is 0 Å². The number of carbonyl (C=O) groups excluding carboxylic acids is 4. The van der Waals surface area contributed by atoms with Crippen molar-refractivity contribution in [2.45, 2.75) is 56.3 Å². The van der Waals surface area contributed by atoms with E-state index in [1.807, 2.05) is 0 Å². The molecule has 0 radical (unpaired) electrons. The van der Waals surface area contributed by atoms with Crippen molar-refractivity contribution in [1.29, 1.82) is 0 Å². The summed E-state index contributed by atoms with van der Waals surface area (Å²) in [6.45, 7) is 0. The van der Waals surface area contributed by atoms with Crippen molar-refractivity contribution < 1.29 is 39.0 Å². The summed E-state index contributed by atoms with van der Waals surface area (Å²) >= 11 is 1.37. The number of aliphatic carboxylic acids is 2. The van der Waals surface area contributed by atoms with Crippen LogP contribution in [0.2, 0.25) is 0 Å². The molecule has 0 saturated heterocycles. The number of hydrogen-bond acceptors (Lipinski definition) is 9. The summed E-state index contributed by atoms with van der Waals surface area (Å²) in [7, 11) is 0. The Kier molecular flexibility index (Phi) is 13.0. The van der Waals surface area contributed by atoms with E-state index < -0.39 is 66.2 Å². The van der Waals surface area contributed by atoms with E-state index in [4.69, 9.17) is 16.6 Å².